The van der Waals surface area contributed by atoms with E-state index < -0.39 is 15.8 Å². The van der Waals surface area contributed by atoms with Gasteiger partial charge in [-0.2, -0.15) is 9.40 Å². The Kier molecular flexibility index (Phi) is 6.18. The van der Waals surface area contributed by atoms with Crippen molar-refractivity contribution in [3.8, 4) is 5.69 Å². The zero-order chi connectivity index (χ0) is 23.7. The van der Waals surface area contributed by atoms with E-state index in [1.807, 2.05) is 12.1 Å². The zero-order valence-corrected chi connectivity index (χ0v) is 19.5. The van der Waals surface area contributed by atoms with Crippen molar-refractivity contribution in [3.05, 3.63) is 66.0 Å². The second kappa shape index (κ2) is 9.27. The molecular formula is C24H26FN5O3S. The summed E-state index contributed by atoms with van der Waals surface area (Å²) in [6, 6.07) is 9.83. The lowest BCUT2D eigenvalue weighted by Gasteiger charge is -2.31. The van der Waals surface area contributed by atoms with Crippen molar-refractivity contribution >= 4 is 21.6 Å². The van der Waals surface area contributed by atoms with Gasteiger partial charge in [-0.1, -0.05) is 6.07 Å². The molecule has 1 saturated heterocycles. The lowest BCUT2D eigenvalue weighted by molar-refractivity contribution is -0.120. The summed E-state index contributed by atoms with van der Waals surface area (Å²) in [4.78, 5) is 16.9. The fourth-order valence-electron chi connectivity index (χ4n) is 4.73. The monoisotopic (exact) mass is 483 g/mol. The molecule has 5 rings (SSSR count). The molecule has 34 heavy (non-hydrogen) atoms. The fourth-order valence-corrected chi connectivity index (χ4v) is 6.25. The summed E-state index contributed by atoms with van der Waals surface area (Å²) in [5.41, 5.74) is 2.95. The highest BCUT2D eigenvalue weighted by molar-refractivity contribution is 7.89. The maximum atomic E-state index is 14.4. The number of fused-ring (bicyclic) bond motifs is 1. The second-order valence-electron chi connectivity index (χ2n) is 8.81. The molecule has 1 fully saturated rings. The topological polar surface area (TPSA) is 97.2 Å². The number of benzene rings is 2. The Morgan fingerprint density at radius 1 is 1.03 bits per heavy atom. The average Bonchev–Trinajstić information content (AvgIpc) is 3.38. The summed E-state index contributed by atoms with van der Waals surface area (Å²) >= 11 is 0. The normalized spacial score (nSPS) is 17.3. The molecule has 0 bridgehead atoms. The largest absolute Gasteiger partial charge is 0.326 e. The number of nitrogens with zero attached hydrogens (tertiary/aromatic N) is 4. The standard InChI is InChI=1S/C24H26FN5O3S/c25-22-14-20(6-8-23(22)30-16-26-15-27-30)28-24(31)18-9-11-29(12-10-18)34(32,33)21-7-5-17-3-1-2-4-19(17)13-21/h5-8,13-16,18H,1-4,9-12H2,(H,28,31). The Balaban J connectivity index is 1.21. The molecule has 10 heteroatoms. The first-order chi connectivity index (χ1) is 16.4. The minimum atomic E-state index is -3.60. The number of carbonyl (C=O) groups is 1. The molecule has 178 valence electrons. The summed E-state index contributed by atoms with van der Waals surface area (Å²) in [6.07, 6.45) is 7.68. The SMILES string of the molecule is O=C(Nc1ccc(-n2cncn2)c(F)c1)C1CCN(S(=O)(=O)c2ccc3c(c2)CCCC3)CC1. The van der Waals surface area contributed by atoms with E-state index in [1.54, 1.807) is 12.1 Å². The summed E-state index contributed by atoms with van der Waals surface area (Å²) < 4.78 is 43.6. The number of amides is 1. The highest BCUT2D eigenvalue weighted by Gasteiger charge is 2.32. The van der Waals surface area contributed by atoms with Crippen molar-refractivity contribution in [2.75, 3.05) is 18.4 Å². The Hall–Kier alpha value is -3.11. The van der Waals surface area contributed by atoms with Crippen LogP contribution in [0.25, 0.3) is 5.69 Å². The van der Waals surface area contributed by atoms with Crippen LogP contribution >= 0.6 is 0 Å². The van der Waals surface area contributed by atoms with Crippen LogP contribution in [0.15, 0.2) is 53.9 Å². The molecule has 3 aromatic rings. The molecule has 0 spiro atoms. The Morgan fingerprint density at radius 3 is 2.50 bits per heavy atom. The highest BCUT2D eigenvalue weighted by atomic mass is 32.2. The predicted octanol–water partition coefficient (Wildman–Crippen LogP) is 3.32. The first-order valence-corrected chi connectivity index (χ1v) is 12.9. The highest BCUT2D eigenvalue weighted by Crippen LogP contribution is 2.29. The molecule has 0 unspecified atom stereocenters. The molecule has 1 aromatic heterocycles. The van der Waals surface area contributed by atoms with Crippen molar-refractivity contribution in [2.45, 2.75) is 43.4 Å². The van der Waals surface area contributed by atoms with Crippen LogP contribution < -0.4 is 5.32 Å². The van der Waals surface area contributed by atoms with Gasteiger partial charge in [0.05, 0.1) is 4.90 Å². The van der Waals surface area contributed by atoms with E-state index >= 15 is 0 Å². The lowest BCUT2D eigenvalue weighted by Crippen LogP contribution is -2.41. The van der Waals surface area contributed by atoms with Gasteiger partial charge in [-0.15, -0.1) is 0 Å². The second-order valence-corrected chi connectivity index (χ2v) is 10.7. The number of hydrogen-bond donors (Lipinski definition) is 1. The molecule has 1 aliphatic carbocycles. The molecular weight excluding hydrogens is 457 g/mol. The molecule has 1 N–H and O–H groups in total. The third-order valence-corrected chi connectivity index (χ3v) is 8.56. The fraction of sp³-hybridized carbons (Fsp3) is 0.375. The van der Waals surface area contributed by atoms with Crippen LogP contribution in [0.1, 0.15) is 36.8 Å². The summed E-state index contributed by atoms with van der Waals surface area (Å²) in [5, 5.41) is 6.66. The molecule has 1 amide bonds. The number of aryl methyl sites for hydroxylation is 2. The van der Waals surface area contributed by atoms with E-state index in [2.05, 4.69) is 15.4 Å². The molecule has 0 saturated carbocycles. The van der Waals surface area contributed by atoms with Gasteiger partial charge in [0.2, 0.25) is 15.9 Å². The van der Waals surface area contributed by atoms with Crippen molar-refractivity contribution in [2.24, 2.45) is 5.92 Å². The smallest absolute Gasteiger partial charge is 0.243 e. The number of piperidine rings is 1. The predicted molar refractivity (Wildman–Crippen MR) is 125 cm³/mol. The molecule has 1 aliphatic heterocycles. The van der Waals surface area contributed by atoms with Gasteiger partial charge in [0.15, 0.2) is 5.82 Å². The summed E-state index contributed by atoms with van der Waals surface area (Å²) in [5.74, 6) is -1.11. The van der Waals surface area contributed by atoms with Crippen LogP contribution in [0, 0.1) is 11.7 Å². The maximum Gasteiger partial charge on any atom is 0.243 e. The third kappa shape index (κ3) is 4.47. The quantitative estimate of drug-likeness (QED) is 0.601. The van der Waals surface area contributed by atoms with Crippen molar-refractivity contribution in [1.29, 1.82) is 0 Å². The first-order valence-electron chi connectivity index (χ1n) is 11.5. The van der Waals surface area contributed by atoms with Crippen molar-refractivity contribution < 1.29 is 17.6 Å². The molecule has 2 heterocycles. The minimum absolute atomic E-state index is 0.233. The van der Waals surface area contributed by atoms with Gasteiger partial charge < -0.3 is 5.32 Å². The number of halogens is 1. The van der Waals surface area contributed by atoms with Crippen LogP contribution in [0.2, 0.25) is 0 Å². The van der Waals surface area contributed by atoms with Gasteiger partial charge in [-0.25, -0.2) is 22.5 Å². The summed E-state index contributed by atoms with van der Waals surface area (Å²) in [7, 11) is -3.60. The zero-order valence-electron chi connectivity index (χ0n) is 18.7. The van der Waals surface area contributed by atoms with Crippen LogP contribution in [0.4, 0.5) is 10.1 Å². The van der Waals surface area contributed by atoms with Crippen LogP contribution in [-0.2, 0) is 27.7 Å². The molecule has 8 nitrogen and oxygen atoms in total. The minimum Gasteiger partial charge on any atom is -0.326 e. The van der Waals surface area contributed by atoms with Crippen molar-refractivity contribution in [1.82, 2.24) is 19.1 Å². The summed E-state index contributed by atoms with van der Waals surface area (Å²) in [6.45, 7) is 0.550. The van der Waals surface area contributed by atoms with Gasteiger partial charge >= 0.3 is 0 Å². The Labute approximate surface area is 197 Å². The van der Waals surface area contributed by atoms with Gasteiger partial charge in [0, 0.05) is 24.7 Å². The number of nitrogens with one attached hydrogen (secondary N) is 1. The van der Waals surface area contributed by atoms with Gasteiger partial charge in [-0.3, -0.25) is 4.79 Å². The van der Waals surface area contributed by atoms with Crippen molar-refractivity contribution in [3.63, 3.8) is 0 Å². The first kappa shape index (κ1) is 22.7. The van der Waals surface area contributed by atoms with E-state index in [1.165, 1.54) is 39.3 Å². The molecule has 0 radical (unpaired) electrons. The van der Waals surface area contributed by atoms with E-state index in [-0.39, 0.29) is 30.6 Å². The van der Waals surface area contributed by atoms with Gasteiger partial charge in [0.25, 0.3) is 0 Å². The number of sulfonamides is 1. The van der Waals surface area contributed by atoms with E-state index in [0.717, 1.165) is 31.2 Å². The van der Waals surface area contributed by atoms with Crippen LogP contribution in [-0.4, -0.2) is 46.5 Å². The van der Waals surface area contributed by atoms with E-state index in [9.17, 15) is 17.6 Å². The molecule has 2 aromatic carbocycles. The third-order valence-electron chi connectivity index (χ3n) is 6.66. The van der Waals surface area contributed by atoms with Gasteiger partial charge in [0.1, 0.15) is 18.3 Å². The van der Waals surface area contributed by atoms with Crippen LogP contribution in [0.5, 0.6) is 0 Å². The van der Waals surface area contributed by atoms with E-state index in [0.29, 0.717) is 23.4 Å². The maximum absolute atomic E-state index is 14.4. The molecule has 2 aliphatic rings. The number of carbonyl (C=O) groups excluding carboxylic acids is 1. The lowest BCUT2D eigenvalue weighted by atomic mass is 9.92. The molecule has 0 atom stereocenters. The number of anilines is 1. The van der Waals surface area contributed by atoms with Crippen LogP contribution in [0.3, 0.4) is 0 Å². The Bertz CT molecular complexity index is 1300. The Morgan fingerprint density at radius 2 is 1.79 bits per heavy atom. The number of rotatable bonds is 5. The number of hydrogen-bond acceptors (Lipinski definition) is 5. The van der Waals surface area contributed by atoms with Gasteiger partial charge in [-0.05, 0) is 80.0 Å². The number of aromatic nitrogens is 3. The van der Waals surface area contributed by atoms with E-state index in [4.69, 9.17) is 0 Å². The average molecular weight is 484 g/mol.